The van der Waals surface area contributed by atoms with Gasteiger partial charge in [-0.05, 0) is 43.0 Å². The lowest BCUT2D eigenvalue weighted by molar-refractivity contribution is 0.0121. The van der Waals surface area contributed by atoms with Gasteiger partial charge in [-0.3, -0.25) is 0 Å². The normalized spacial score (nSPS) is 22.5. The van der Waals surface area contributed by atoms with E-state index in [1.165, 1.54) is 22.3 Å². The molecule has 3 heteroatoms. The number of morpholine rings is 1. The van der Waals surface area contributed by atoms with Gasteiger partial charge in [0.2, 0.25) is 0 Å². The first kappa shape index (κ1) is 12.6. The van der Waals surface area contributed by atoms with Gasteiger partial charge in [0.05, 0.1) is 18.8 Å². The summed E-state index contributed by atoms with van der Waals surface area (Å²) in [5, 5.41) is 3.33. The number of hydrogen-bond acceptors (Lipinski definition) is 3. The predicted molar refractivity (Wildman–Crippen MR) is 70.2 cm³/mol. The van der Waals surface area contributed by atoms with Gasteiger partial charge < -0.3 is 15.8 Å². The molecule has 1 fully saturated rings. The van der Waals surface area contributed by atoms with Crippen LogP contribution < -0.4 is 11.1 Å². The second kappa shape index (κ2) is 5.17. The summed E-state index contributed by atoms with van der Waals surface area (Å²) in [5.41, 5.74) is 11.5. The Labute approximate surface area is 103 Å². The van der Waals surface area contributed by atoms with Crippen molar-refractivity contribution in [2.24, 2.45) is 5.73 Å². The fourth-order valence-corrected chi connectivity index (χ4v) is 2.35. The van der Waals surface area contributed by atoms with Gasteiger partial charge in [0, 0.05) is 13.1 Å². The highest BCUT2D eigenvalue weighted by molar-refractivity contribution is 5.40. The van der Waals surface area contributed by atoms with Gasteiger partial charge in [-0.1, -0.05) is 12.1 Å². The monoisotopic (exact) mass is 234 g/mol. The summed E-state index contributed by atoms with van der Waals surface area (Å²) in [6.45, 7) is 8.95. The zero-order valence-corrected chi connectivity index (χ0v) is 10.9. The van der Waals surface area contributed by atoms with Crippen LogP contribution in [-0.4, -0.2) is 25.8 Å². The van der Waals surface area contributed by atoms with E-state index in [0.717, 1.165) is 19.7 Å². The SMILES string of the molecule is Cc1ccc(C(N)C2CNCCO2)c(C)c1C. The number of nitrogens with two attached hydrogens (primary N) is 1. The summed E-state index contributed by atoms with van der Waals surface area (Å²) in [4.78, 5) is 0. The van der Waals surface area contributed by atoms with Crippen LogP contribution >= 0.6 is 0 Å². The first-order valence-electron chi connectivity index (χ1n) is 6.26. The molecule has 1 saturated heterocycles. The molecule has 2 atom stereocenters. The second-order valence-electron chi connectivity index (χ2n) is 4.86. The molecule has 0 aliphatic carbocycles. The van der Waals surface area contributed by atoms with Crippen LogP contribution in [0.1, 0.15) is 28.3 Å². The van der Waals surface area contributed by atoms with Crippen molar-refractivity contribution in [1.82, 2.24) is 5.32 Å². The van der Waals surface area contributed by atoms with Crippen LogP contribution in [0.25, 0.3) is 0 Å². The molecule has 1 aromatic carbocycles. The van der Waals surface area contributed by atoms with Crippen LogP contribution in [0.3, 0.4) is 0 Å². The van der Waals surface area contributed by atoms with Gasteiger partial charge in [-0.15, -0.1) is 0 Å². The van der Waals surface area contributed by atoms with Crippen molar-refractivity contribution in [2.75, 3.05) is 19.7 Å². The minimum absolute atomic E-state index is 0.0397. The maximum Gasteiger partial charge on any atom is 0.0892 e. The Bertz CT molecular complexity index is 397. The van der Waals surface area contributed by atoms with E-state index in [0.29, 0.717) is 0 Å². The zero-order chi connectivity index (χ0) is 12.4. The summed E-state index contributed by atoms with van der Waals surface area (Å²) in [6, 6.07) is 4.25. The number of ether oxygens (including phenoxy) is 1. The fraction of sp³-hybridized carbons (Fsp3) is 0.571. The van der Waals surface area contributed by atoms with Gasteiger partial charge >= 0.3 is 0 Å². The van der Waals surface area contributed by atoms with Crippen LogP contribution in [0, 0.1) is 20.8 Å². The molecule has 0 aromatic heterocycles. The minimum Gasteiger partial charge on any atom is -0.374 e. The number of benzene rings is 1. The average Bonchev–Trinajstić information content (AvgIpc) is 2.36. The molecule has 0 amide bonds. The van der Waals surface area contributed by atoms with E-state index >= 15 is 0 Å². The van der Waals surface area contributed by atoms with Crippen LogP contribution in [0.5, 0.6) is 0 Å². The molecular formula is C14H22N2O. The van der Waals surface area contributed by atoms with Crippen molar-refractivity contribution >= 4 is 0 Å². The average molecular weight is 234 g/mol. The minimum atomic E-state index is -0.0397. The summed E-state index contributed by atoms with van der Waals surface area (Å²) >= 11 is 0. The Morgan fingerprint density at radius 2 is 2.06 bits per heavy atom. The molecule has 0 saturated carbocycles. The van der Waals surface area contributed by atoms with Crippen molar-refractivity contribution in [3.63, 3.8) is 0 Å². The van der Waals surface area contributed by atoms with E-state index < -0.39 is 0 Å². The molecule has 3 N–H and O–H groups in total. The summed E-state index contributed by atoms with van der Waals surface area (Å²) in [7, 11) is 0. The molecule has 2 unspecified atom stereocenters. The third-order valence-corrected chi connectivity index (χ3v) is 3.82. The summed E-state index contributed by atoms with van der Waals surface area (Å²) < 4.78 is 5.73. The van der Waals surface area contributed by atoms with Crippen LogP contribution in [0.2, 0.25) is 0 Å². The number of aryl methyl sites for hydroxylation is 1. The largest absolute Gasteiger partial charge is 0.374 e. The highest BCUT2D eigenvalue weighted by Crippen LogP contribution is 2.25. The first-order chi connectivity index (χ1) is 8.11. The van der Waals surface area contributed by atoms with Crippen molar-refractivity contribution in [3.05, 3.63) is 34.4 Å². The predicted octanol–water partition coefficient (Wildman–Crippen LogP) is 1.60. The van der Waals surface area contributed by atoms with E-state index in [4.69, 9.17) is 10.5 Å². The number of rotatable bonds is 2. The van der Waals surface area contributed by atoms with E-state index in [2.05, 4.69) is 38.2 Å². The molecule has 1 heterocycles. The van der Waals surface area contributed by atoms with Gasteiger partial charge in [0.1, 0.15) is 0 Å². The summed E-state index contributed by atoms with van der Waals surface area (Å²) in [6.07, 6.45) is 0.0876. The summed E-state index contributed by atoms with van der Waals surface area (Å²) in [5.74, 6) is 0. The third-order valence-electron chi connectivity index (χ3n) is 3.82. The molecule has 17 heavy (non-hydrogen) atoms. The lowest BCUT2D eigenvalue weighted by Crippen LogP contribution is -2.44. The Morgan fingerprint density at radius 3 is 2.71 bits per heavy atom. The zero-order valence-electron chi connectivity index (χ0n) is 10.9. The molecule has 94 valence electrons. The lowest BCUT2D eigenvalue weighted by atomic mass is 9.92. The topological polar surface area (TPSA) is 47.3 Å². The Balaban J connectivity index is 2.24. The van der Waals surface area contributed by atoms with Gasteiger partial charge in [-0.2, -0.15) is 0 Å². The molecule has 3 nitrogen and oxygen atoms in total. The highest BCUT2D eigenvalue weighted by Gasteiger charge is 2.24. The number of nitrogens with one attached hydrogen (secondary N) is 1. The number of hydrogen-bond donors (Lipinski definition) is 2. The van der Waals surface area contributed by atoms with Crippen LogP contribution in [0.15, 0.2) is 12.1 Å². The van der Waals surface area contributed by atoms with Gasteiger partial charge in [0.25, 0.3) is 0 Å². The molecule has 1 aromatic rings. The van der Waals surface area contributed by atoms with Crippen LogP contribution in [0.4, 0.5) is 0 Å². The van der Waals surface area contributed by atoms with E-state index in [1.807, 2.05) is 0 Å². The molecule has 2 rings (SSSR count). The van der Waals surface area contributed by atoms with E-state index in [-0.39, 0.29) is 12.1 Å². The van der Waals surface area contributed by atoms with Crippen molar-refractivity contribution in [3.8, 4) is 0 Å². The molecule has 1 aliphatic heterocycles. The second-order valence-corrected chi connectivity index (χ2v) is 4.86. The quantitative estimate of drug-likeness (QED) is 0.817. The third kappa shape index (κ3) is 2.51. The van der Waals surface area contributed by atoms with Gasteiger partial charge in [0.15, 0.2) is 0 Å². The van der Waals surface area contributed by atoms with Gasteiger partial charge in [-0.25, -0.2) is 0 Å². The van der Waals surface area contributed by atoms with E-state index in [9.17, 15) is 0 Å². The van der Waals surface area contributed by atoms with Crippen molar-refractivity contribution < 1.29 is 4.74 Å². The molecule has 0 radical (unpaired) electrons. The molecule has 1 aliphatic rings. The Hall–Kier alpha value is -0.900. The Morgan fingerprint density at radius 1 is 1.29 bits per heavy atom. The maximum atomic E-state index is 6.32. The lowest BCUT2D eigenvalue weighted by Gasteiger charge is -2.30. The van der Waals surface area contributed by atoms with Crippen molar-refractivity contribution in [2.45, 2.75) is 32.9 Å². The smallest absolute Gasteiger partial charge is 0.0892 e. The Kier molecular flexibility index (Phi) is 3.82. The fourth-order valence-electron chi connectivity index (χ4n) is 2.35. The molecule has 0 bridgehead atoms. The highest BCUT2D eigenvalue weighted by atomic mass is 16.5. The first-order valence-corrected chi connectivity index (χ1v) is 6.26. The molecule has 0 spiro atoms. The maximum absolute atomic E-state index is 6.32. The van der Waals surface area contributed by atoms with Crippen molar-refractivity contribution in [1.29, 1.82) is 0 Å². The standard InChI is InChI=1S/C14H22N2O/c1-9-4-5-12(11(3)10(9)2)14(15)13-8-16-6-7-17-13/h4-5,13-14,16H,6-8,15H2,1-3H3. The van der Waals surface area contributed by atoms with E-state index in [1.54, 1.807) is 0 Å². The molecular weight excluding hydrogens is 212 g/mol. The van der Waals surface area contributed by atoms with Crippen LogP contribution in [-0.2, 0) is 4.74 Å².